The molecule has 0 saturated carbocycles. The average molecular weight is 284 g/mol. The van der Waals surface area contributed by atoms with Crippen molar-refractivity contribution in [3.8, 4) is 11.5 Å². The van der Waals surface area contributed by atoms with Crippen molar-refractivity contribution in [2.75, 3.05) is 5.73 Å². The van der Waals surface area contributed by atoms with Crippen LogP contribution in [0.4, 0.5) is 5.69 Å². The molecule has 4 N–H and O–H groups in total. The number of ether oxygens (including phenoxy) is 1. The average Bonchev–Trinajstić information content (AvgIpc) is 2.40. The lowest BCUT2D eigenvalue weighted by Crippen LogP contribution is -2.11. The molecule has 0 saturated heterocycles. The van der Waals surface area contributed by atoms with Crippen molar-refractivity contribution >= 4 is 11.6 Å². The van der Waals surface area contributed by atoms with Crippen LogP contribution < -0.4 is 16.2 Å². The van der Waals surface area contributed by atoms with Crippen molar-refractivity contribution in [2.24, 2.45) is 5.73 Å². The van der Waals surface area contributed by atoms with Crippen LogP contribution in [0.15, 0.2) is 36.4 Å². The van der Waals surface area contributed by atoms with E-state index in [1.807, 2.05) is 13.0 Å². The molecule has 110 valence electrons. The molecule has 2 aromatic rings. The molecule has 0 atom stereocenters. The summed E-state index contributed by atoms with van der Waals surface area (Å²) >= 11 is 0. The van der Waals surface area contributed by atoms with Gasteiger partial charge in [0.1, 0.15) is 11.5 Å². The summed E-state index contributed by atoms with van der Waals surface area (Å²) in [7, 11) is 0. The zero-order valence-corrected chi connectivity index (χ0v) is 12.5. The summed E-state index contributed by atoms with van der Waals surface area (Å²) in [5, 5.41) is 0. The molecule has 0 heterocycles. The van der Waals surface area contributed by atoms with E-state index in [9.17, 15) is 4.79 Å². The predicted octanol–water partition coefficient (Wildman–Crippen LogP) is 3.59. The largest absolute Gasteiger partial charge is 0.455 e. The first-order valence-electron chi connectivity index (χ1n) is 6.86. The van der Waals surface area contributed by atoms with Gasteiger partial charge in [-0.05, 0) is 48.2 Å². The molecule has 0 aliphatic carbocycles. The van der Waals surface area contributed by atoms with Gasteiger partial charge in [0.2, 0.25) is 5.91 Å². The van der Waals surface area contributed by atoms with Gasteiger partial charge < -0.3 is 16.2 Å². The molecular weight excluding hydrogens is 264 g/mol. The smallest absolute Gasteiger partial charge is 0.248 e. The van der Waals surface area contributed by atoms with Crippen LogP contribution in [0.25, 0.3) is 0 Å². The Balaban J connectivity index is 2.38. The highest BCUT2D eigenvalue weighted by atomic mass is 16.5. The summed E-state index contributed by atoms with van der Waals surface area (Å²) < 4.78 is 5.94. The van der Waals surface area contributed by atoms with E-state index in [4.69, 9.17) is 16.2 Å². The van der Waals surface area contributed by atoms with Crippen LogP contribution in [0, 0.1) is 6.92 Å². The Hall–Kier alpha value is -2.49. The van der Waals surface area contributed by atoms with Gasteiger partial charge in [0, 0.05) is 5.56 Å². The van der Waals surface area contributed by atoms with E-state index >= 15 is 0 Å². The number of rotatable bonds is 4. The van der Waals surface area contributed by atoms with Gasteiger partial charge in [-0.25, -0.2) is 0 Å². The van der Waals surface area contributed by atoms with Crippen LogP contribution >= 0.6 is 0 Å². The lowest BCUT2D eigenvalue weighted by atomic mass is 10.0. The number of carbonyl (C=O) groups excluding carboxylic acids is 1. The molecule has 0 fully saturated rings. The summed E-state index contributed by atoms with van der Waals surface area (Å²) in [6.07, 6.45) is 0. The Kier molecular flexibility index (Phi) is 4.17. The van der Waals surface area contributed by atoms with Gasteiger partial charge in [-0.2, -0.15) is 0 Å². The number of hydrogen-bond donors (Lipinski definition) is 2. The zero-order valence-electron chi connectivity index (χ0n) is 12.5. The Morgan fingerprint density at radius 1 is 1.10 bits per heavy atom. The quantitative estimate of drug-likeness (QED) is 0.842. The van der Waals surface area contributed by atoms with Crippen LogP contribution in [-0.4, -0.2) is 5.91 Å². The van der Waals surface area contributed by atoms with Crippen LogP contribution in [0.1, 0.15) is 41.3 Å². The number of nitrogens with two attached hydrogens (primary N) is 2. The molecule has 1 amide bonds. The van der Waals surface area contributed by atoms with Crippen molar-refractivity contribution in [3.05, 3.63) is 53.1 Å². The number of nitrogen functional groups attached to an aromatic ring is 1. The first kappa shape index (κ1) is 14.9. The summed E-state index contributed by atoms with van der Waals surface area (Å²) in [5.41, 5.74) is 14.2. The minimum atomic E-state index is -0.508. The third kappa shape index (κ3) is 3.34. The highest BCUT2D eigenvalue weighted by Crippen LogP contribution is 2.34. The van der Waals surface area contributed by atoms with Gasteiger partial charge in [-0.15, -0.1) is 0 Å². The van der Waals surface area contributed by atoms with Crippen LogP contribution in [0.5, 0.6) is 11.5 Å². The zero-order chi connectivity index (χ0) is 15.6. The van der Waals surface area contributed by atoms with E-state index in [0.29, 0.717) is 22.9 Å². The molecule has 0 unspecified atom stereocenters. The van der Waals surface area contributed by atoms with Gasteiger partial charge in [-0.3, -0.25) is 4.79 Å². The van der Waals surface area contributed by atoms with Gasteiger partial charge in [0.25, 0.3) is 0 Å². The molecule has 21 heavy (non-hydrogen) atoms. The maximum absolute atomic E-state index is 11.1. The SMILES string of the molecule is Cc1ccc(C(C)C)c(Oc2ccc(C(N)=O)cc2N)c1. The highest BCUT2D eigenvalue weighted by molar-refractivity contribution is 5.94. The van der Waals surface area contributed by atoms with E-state index in [-0.39, 0.29) is 0 Å². The first-order chi connectivity index (χ1) is 9.88. The fraction of sp³-hybridized carbons (Fsp3) is 0.235. The third-order valence-corrected chi connectivity index (χ3v) is 3.31. The maximum Gasteiger partial charge on any atom is 0.248 e. The molecule has 4 nitrogen and oxygen atoms in total. The fourth-order valence-electron chi connectivity index (χ4n) is 2.12. The van der Waals surface area contributed by atoms with E-state index in [1.165, 1.54) is 6.07 Å². The predicted molar refractivity (Wildman–Crippen MR) is 84.7 cm³/mol. The number of hydrogen-bond acceptors (Lipinski definition) is 3. The lowest BCUT2D eigenvalue weighted by Gasteiger charge is -2.16. The van der Waals surface area contributed by atoms with Gasteiger partial charge >= 0.3 is 0 Å². The van der Waals surface area contributed by atoms with Crippen LogP contribution in [0.2, 0.25) is 0 Å². The monoisotopic (exact) mass is 284 g/mol. The topological polar surface area (TPSA) is 78.3 Å². The van der Waals surface area contributed by atoms with Crippen LogP contribution in [-0.2, 0) is 0 Å². The summed E-state index contributed by atoms with van der Waals surface area (Å²) in [5.74, 6) is 1.13. The van der Waals surface area contributed by atoms with Crippen molar-refractivity contribution in [2.45, 2.75) is 26.7 Å². The molecule has 0 spiro atoms. The van der Waals surface area contributed by atoms with Crippen LogP contribution in [0.3, 0.4) is 0 Å². The third-order valence-electron chi connectivity index (χ3n) is 3.31. The molecule has 0 radical (unpaired) electrons. The van der Waals surface area contributed by atoms with Gasteiger partial charge in [0.05, 0.1) is 5.69 Å². The van der Waals surface area contributed by atoms with E-state index < -0.39 is 5.91 Å². The van der Waals surface area contributed by atoms with E-state index in [2.05, 4.69) is 26.0 Å². The molecule has 0 aliphatic heterocycles. The molecule has 0 bridgehead atoms. The second-order valence-electron chi connectivity index (χ2n) is 5.41. The van der Waals surface area contributed by atoms with Crippen molar-refractivity contribution < 1.29 is 9.53 Å². The van der Waals surface area contributed by atoms with Gasteiger partial charge in [0.15, 0.2) is 0 Å². The standard InChI is InChI=1S/C17H20N2O2/c1-10(2)13-6-4-11(3)8-16(13)21-15-7-5-12(17(19)20)9-14(15)18/h4-10H,18H2,1-3H3,(H2,19,20). The number of anilines is 1. The number of carbonyl (C=O) groups is 1. The lowest BCUT2D eigenvalue weighted by molar-refractivity contribution is 0.100. The Bertz CT molecular complexity index is 678. The summed E-state index contributed by atoms with van der Waals surface area (Å²) in [6.45, 7) is 6.23. The minimum Gasteiger partial charge on any atom is -0.455 e. The Labute approximate surface area is 124 Å². The summed E-state index contributed by atoms with van der Waals surface area (Å²) in [4.78, 5) is 11.1. The van der Waals surface area contributed by atoms with Crippen molar-refractivity contribution in [1.82, 2.24) is 0 Å². The molecule has 4 heteroatoms. The van der Waals surface area contributed by atoms with E-state index in [1.54, 1.807) is 12.1 Å². The first-order valence-corrected chi connectivity index (χ1v) is 6.86. The number of aryl methyl sites for hydroxylation is 1. The number of primary amides is 1. The van der Waals surface area contributed by atoms with Crippen molar-refractivity contribution in [3.63, 3.8) is 0 Å². The fourth-order valence-corrected chi connectivity index (χ4v) is 2.12. The number of amides is 1. The maximum atomic E-state index is 11.1. The molecular formula is C17H20N2O2. The number of benzene rings is 2. The molecule has 2 aromatic carbocycles. The summed E-state index contributed by atoms with van der Waals surface area (Å²) in [6, 6.07) is 10.9. The van der Waals surface area contributed by atoms with Crippen molar-refractivity contribution in [1.29, 1.82) is 0 Å². The second kappa shape index (κ2) is 5.87. The van der Waals surface area contributed by atoms with E-state index in [0.717, 1.165) is 16.9 Å². The second-order valence-corrected chi connectivity index (χ2v) is 5.41. The molecule has 2 rings (SSSR count). The molecule has 0 aliphatic rings. The van der Waals surface area contributed by atoms with Gasteiger partial charge in [-0.1, -0.05) is 26.0 Å². The normalized spacial score (nSPS) is 10.7. The Morgan fingerprint density at radius 3 is 2.38 bits per heavy atom. The Morgan fingerprint density at radius 2 is 1.81 bits per heavy atom. The minimum absolute atomic E-state index is 0.340. The highest BCUT2D eigenvalue weighted by Gasteiger charge is 2.12. The molecule has 0 aromatic heterocycles.